The summed E-state index contributed by atoms with van der Waals surface area (Å²) < 4.78 is 41.5. The first-order valence-corrected chi connectivity index (χ1v) is 11.0. The highest BCUT2D eigenvalue weighted by molar-refractivity contribution is 5.75. The average molecular weight is 447 g/mol. The van der Waals surface area contributed by atoms with Crippen LogP contribution in [0.25, 0.3) is 11.2 Å². The van der Waals surface area contributed by atoms with Gasteiger partial charge in [-0.25, -0.2) is 15.0 Å². The summed E-state index contributed by atoms with van der Waals surface area (Å²) in [5.74, 6) is 1.67. The predicted octanol–water partition coefficient (Wildman–Crippen LogP) is 5.18. The van der Waals surface area contributed by atoms with E-state index in [4.69, 9.17) is 4.98 Å². The molecular formula is C23H29F3N6. The third kappa shape index (κ3) is 5.38. The van der Waals surface area contributed by atoms with Gasteiger partial charge in [-0.05, 0) is 55.5 Å². The number of halogens is 3. The lowest BCUT2D eigenvalue weighted by atomic mass is 9.92. The lowest BCUT2D eigenvalue weighted by Gasteiger charge is -2.24. The van der Waals surface area contributed by atoms with Gasteiger partial charge in [-0.1, -0.05) is 26.8 Å². The topological polar surface area (TPSA) is 67.7 Å². The largest absolute Gasteiger partial charge is 0.416 e. The molecule has 2 N–H and O–H groups in total. The zero-order valence-electron chi connectivity index (χ0n) is 18.6. The summed E-state index contributed by atoms with van der Waals surface area (Å²) in [5, 5.41) is 6.47. The van der Waals surface area contributed by atoms with E-state index in [0.717, 1.165) is 50.3 Å². The smallest absolute Gasteiger partial charge is 0.326 e. The van der Waals surface area contributed by atoms with Gasteiger partial charge in [-0.15, -0.1) is 0 Å². The van der Waals surface area contributed by atoms with E-state index in [-0.39, 0.29) is 5.41 Å². The van der Waals surface area contributed by atoms with Crippen molar-refractivity contribution in [1.82, 2.24) is 24.8 Å². The first kappa shape index (κ1) is 22.5. The molecule has 1 saturated heterocycles. The number of hydrogen-bond donors (Lipinski definition) is 2. The molecule has 0 unspecified atom stereocenters. The fraction of sp³-hybridized carbons (Fsp3) is 0.522. The first-order chi connectivity index (χ1) is 15.1. The minimum atomic E-state index is -4.40. The van der Waals surface area contributed by atoms with Crippen molar-refractivity contribution >= 4 is 22.8 Å². The SMILES string of the molecule is CC(C)(C)Cc1ncc2nc(Nc3cccc(C(F)(F)F)c3)n(CC3CCNCC3)c2n1. The van der Waals surface area contributed by atoms with Gasteiger partial charge < -0.3 is 10.6 Å². The molecule has 0 saturated carbocycles. The quantitative estimate of drug-likeness (QED) is 0.566. The van der Waals surface area contributed by atoms with Crippen LogP contribution in [0.1, 0.15) is 45.0 Å². The molecule has 0 atom stereocenters. The fourth-order valence-electron chi connectivity index (χ4n) is 4.01. The highest BCUT2D eigenvalue weighted by atomic mass is 19.4. The minimum Gasteiger partial charge on any atom is -0.326 e. The molecule has 1 fully saturated rings. The second-order valence-corrected chi connectivity index (χ2v) is 9.68. The van der Waals surface area contributed by atoms with Crippen molar-refractivity contribution in [3.8, 4) is 0 Å². The number of nitrogens with one attached hydrogen (secondary N) is 2. The van der Waals surface area contributed by atoms with Gasteiger partial charge in [-0.3, -0.25) is 4.57 Å². The summed E-state index contributed by atoms with van der Waals surface area (Å²) in [7, 11) is 0. The molecule has 6 nitrogen and oxygen atoms in total. The number of benzene rings is 1. The molecule has 0 radical (unpaired) electrons. The maximum Gasteiger partial charge on any atom is 0.416 e. The van der Waals surface area contributed by atoms with Gasteiger partial charge in [0, 0.05) is 18.7 Å². The van der Waals surface area contributed by atoms with Crippen molar-refractivity contribution in [1.29, 1.82) is 0 Å². The van der Waals surface area contributed by atoms with Crippen molar-refractivity contribution in [2.75, 3.05) is 18.4 Å². The fourth-order valence-corrected chi connectivity index (χ4v) is 4.01. The zero-order valence-corrected chi connectivity index (χ0v) is 18.6. The van der Waals surface area contributed by atoms with E-state index < -0.39 is 11.7 Å². The number of imidazole rings is 1. The molecule has 0 aliphatic carbocycles. The molecule has 1 aromatic carbocycles. The molecule has 0 bridgehead atoms. The van der Waals surface area contributed by atoms with Crippen molar-refractivity contribution in [3.05, 3.63) is 41.9 Å². The van der Waals surface area contributed by atoms with Crippen LogP contribution in [0.3, 0.4) is 0 Å². The number of piperidine rings is 1. The highest BCUT2D eigenvalue weighted by Crippen LogP contribution is 2.32. The van der Waals surface area contributed by atoms with Gasteiger partial charge in [-0.2, -0.15) is 13.2 Å². The van der Waals surface area contributed by atoms with Gasteiger partial charge in [0.2, 0.25) is 5.95 Å². The van der Waals surface area contributed by atoms with Crippen LogP contribution in [0.4, 0.5) is 24.8 Å². The molecule has 0 spiro atoms. The number of anilines is 2. The Morgan fingerprint density at radius 1 is 1.12 bits per heavy atom. The normalized spacial score (nSPS) is 15.9. The third-order valence-corrected chi connectivity index (χ3v) is 5.57. The van der Waals surface area contributed by atoms with Crippen LogP contribution in [-0.2, 0) is 19.1 Å². The van der Waals surface area contributed by atoms with Gasteiger partial charge in [0.25, 0.3) is 0 Å². The van der Waals surface area contributed by atoms with Crippen LogP contribution in [0, 0.1) is 11.3 Å². The number of fused-ring (bicyclic) bond motifs is 1. The molecular weight excluding hydrogens is 417 g/mol. The van der Waals surface area contributed by atoms with Crippen molar-refractivity contribution in [3.63, 3.8) is 0 Å². The molecule has 172 valence electrons. The maximum absolute atomic E-state index is 13.2. The Morgan fingerprint density at radius 3 is 2.56 bits per heavy atom. The Bertz CT molecular complexity index is 1080. The summed E-state index contributed by atoms with van der Waals surface area (Å²) in [6.45, 7) is 9.01. The van der Waals surface area contributed by atoms with E-state index >= 15 is 0 Å². The minimum absolute atomic E-state index is 0.0344. The van der Waals surface area contributed by atoms with Gasteiger partial charge in [0.15, 0.2) is 5.65 Å². The van der Waals surface area contributed by atoms with Crippen LogP contribution in [0.15, 0.2) is 30.5 Å². The van der Waals surface area contributed by atoms with E-state index in [9.17, 15) is 13.2 Å². The van der Waals surface area contributed by atoms with Crippen LogP contribution >= 0.6 is 0 Å². The molecule has 4 rings (SSSR count). The summed E-state index contributed by atoms with van der Waals surface area (Å²) in [4.78, 5) is 13.9. The lowest BCUT2D eigenvalue weighted by molar-refractivity contribution is -0.137. The Kier molecular flexibility index (Phi) is 6.11. The molecule has 9 heteroatoms. The Labute approximate surface area is 185 Å². The van der Waals surface area contributed by atoms with E-state index in [1.165, 1.54) is 6.07 Å². The van der Waals surface area contributed by atoms with E-state index in [1.807, 2.05) is 4.57 Å². The van der Waals surface area contributed by atoms with E-state index in [1.54, 1.807) is 12.3 Å². The summed E-state index contributed by atoms with van der Waals surface area (Å²) in [6, 6.07) is 5.17. The Hall–Kier alpha value is -2.68. The maximum atomic E-state index is 13.2. The summed E-state index contributed by atoms with van der Waals surface area (Å²) >= 11 is 0. The predicted molar refractivity (Wildman–Crippen MR) is 119 cm³/mol. The van der Waals surface area contributed by atoms with Crippen LogP contribution in [0.2, 0.25) is 0 Å². The molecule has 3 aromatic rings. The Balaban J connectivity index is 1.72. The molecule has 0 amide bonds. The Morgan fingerprint density at radius 2 is 1.88 bits per heavy atom. The van der Waals surface area contributed by atoms with Gasteiger partial charge >= 0.3 is 6.18 Å². The standard InChI is InChI=1S/C23H29F3N6/c1-22(2,3)12-19-28-13-18-20(31-19)32(14-15-7-9-27-10-8-15)21(30-18)29-17-6-4-5-16(11-17)23(24,25)26/h4-6,11,13,15,27H,7-10,12,14H2,1-3H3,(H,29,30). The number of alkyl halides is 3. The number of hydrogen-bond acceptors (Lipinski definition) is 5. The van der Waals surface area contributed by atoms with Crippen molar-refractivity contribution in [2.24, 2.45) is 11.3 Å². The average Bonchev–Trinajstić information content (AvgIpc) is 3.04. The van der Waals surface area contributed by atoms with Crippen molar-refractivity contribution < 1.29 is 13.2 Å². The number of rotatable bonds is 5. The van der Waals surface area contributed by atoms with Crippen LogP contribution < -0.4 is 10.6 Å². The number of aromatic nitrogens is 4. The second-order valence-electron chi connectivity index (χ2n) is 9.68. The monoisotopic (exact) mass is 446 g/mol. The number of nitrogens with zero attached hydrogens (tertiary/aromatic N) is 4. The lowest BCUT2D eigenvalue weighted by Crippen LogP contribution is -2.30. The first-order valence-electron chi connectivity index (χ1n) is 11.0. The molecule has 1 aliphatic heterocycles. The van der Waals surface area contributed by atoms with Crippen LogP contribution in [-0.4, -0.2) is 32.6 Å². The zero-order chi connectivity index (χ0) is 22.9. The third-order valence-electron chi connectivity index (χ3n) is 5.57. The van der Waals surface area contributed by atoms with E-state index in [0.29, 0.717) is 35.3 Å². The van der Waals surface area contributed by atoms with Crippen molar-refractivity contribution in [2.45, 2.75) is 52.8 Å². The summed E-state index contributed by atoms with van der Waals surface area (Å²) in [5.41, 5.74) is 1.02. The highest BCUT2D eigenvalue weighted by Gasteiger charge is 2.30. The van der Waals surface area contributed by atoms with Gasteiger partial charge in [0.1, 0.15) is 11.3 Å². The van der Waals surface area contributed by atoms with E-state index in [2.05, 4.69) is 41.4 Å². The second kappa shape index (κ2) is 8.69. The molecule has 2 aromatic heterocycles. The van der Waals surface area contributed by atoms with Gasteiger partial charge in [0.05, 0.1) is 11.8 Å². The molecule has 1 aliphatic rings. The molecule has 32 heavy (non-hydrogen) atoms. The summed E-state index contributed by atoms with van der Waals surface area (Å²) in [6.07, 6.45) is 0.0863. The molecule has 3 heterocycles. The van der Waals surface area contributed by atoms with Crippen LogP contribution in [0.5, 0.6) is 0 Å².